The van der Waals surface area contributed by atoms with Crippen LogP contribution in [-0.4, -0.2) is 6.61 Å². The van der Waals surface area contributed by atoms with Crippen LogP contribution >= 0.6 is 0 Å². The van der Waals surface area contributed by atoms with Crippen LogP contribution in [0.25, 0.3) is 0 Å². The molecule has 0 atom stereocenters. The SMILES string of the molecule is CC(C)CCOc1ccccc1CNc1ccc(OCc2ccccc2)cc1. The third-order valence-electron chi connectivity index (χ3n) is 4.51. The summed E-state index contributed by atoms with van der Waals surface area (Å²) in [7, 11) is 0. The predicted molar refractivity (Wildman–Crippen MR) is 116 cm³/mol. The zero-order valence-electron chi connectivity index (χ0n) is 16.7. The number of para-hydroxylation sites is 1. The monoisotopic (exact) mass is 375 g/mol. The molecule has 0 bridgehead atoms. The molecule has 3 nitrogen and oxygen atoms in total. The normalized spacial score (nSPS) is 10.7. The van der Waals surface area contributed by atoms with Gasteiger partial charge in [-0.05, 0) is 48.2 Å². The molecule has 0 saturated heterocycles. The summed E-state index contributed by atoms with van der Waals surface area (Å²) in [6.45, 7) is 6.48. The van der Waals surface area contributed by atoms with Gasteiger partial charge >= 0.3 is 0 Å². The van der Waals surface area contributed by atoms with E-state index in [4.69, 9.17) is 9.47 Å². The van der Waals surface area contributed by atoms with Crippen LogP contribution in [0.15, 0.2) is 78.9 Å². The smallest absolute Gasteiger partial charge is 0.124 e. The molecular formula is C25H29NO2. The lowest BCUT2D eigenvalue weighted by molar-refractivity contribution is 0.287. The van der Waals surface area contributed by atoms with Gasteiger partial charge in [0.2, 0.25) is 0 Å². The second-order valence-corrected chi connectivity index (χ2v) is 7.29. The molecule has 0 saturated carbocycles. The van der Waals surface area contributed by atoms with Crippen molar-refractivity contribution in [1.82, 2.24) is 0 Å². The zero-order chi connectivity index (χ0) is 19.6. The van der Waals surface area contributed by atoms with Crippen molar-refractivity contribution in [2.45, 2.75) is 33.4 Å². The van der Waals surface area contributed by atoms with E-state index in [1.807, 2.05) is 60.7 Å². The maximum atomic E-state index is 5.97. The third kappa shape index (κ3) is 6.34. The Hall–Kier alpha value is -2.94. The molecule has 0 fully saturated rings. The summed E-state index contributed by atoms with van der Waals surface area (Å²) in [5.41, 5.74) is 3.39. The maximum Gasteiger partial charge on any atom is 0.124 e. The van der Waals surface area contributed by atoms with Crippen LogP contribution in [0.5, 0.6) is 11.5 Å². The molecule has 0 spiro atoms. The summed E-state index contributed by atoms with van der Waals surface area (Å²) in [5.74, 6) is 2.47. The number of hydrogen-bond donors (Lipinski definition) is 1. The van der Waals surface area contributed by atoms with Crippen molar-refractivity contribution in [3.05, 3.63) is 90.0 Å². The van der Waals surface area contributed by atoms with Gasteiger partial charge in [0.05, 0.1) is 6.61 Å². The average Bonchev–Trinajstić information content (AvgIpc) is 2.73. The highest BCUT2D eigenvalue weighted by molar-refractivity contribution is 5.48. The molecule has 146 valence electrons. The first-order valence-electron chi connectivity index (χ1n) is 9.92. The molecule has 1 N–H and O–H groups in total. The van der Waals surface area contributed by atoms with Crippen molar-refractivity contribution < 1.29 is 9.47 Å². The first-order valence-corrected chi connectivity index (χ1v) is 9.92. The molecule has 0 radical (unpaired) electrons. The van der Waals surface area contributed by atoms with E-state index in [1.165, 1.54) is 5.56 Å². The maximum absolute atomic E-state index is 5.97. The van der Waals surface area contributed by atoms with Crippen molar-refractivity contribution in [1.29, 1.82) is 0 Å². The van der Waals surface area contributed by atoms with Crippen LogP contribution in [0.4, 0.5) is 5.69 Å². The fraction of sp³-hybridized carbons (Fsp3) is 0.280. The predicted octanol–water partition coefficient (Wildman–Crippen LogP) is 6.30. The second-order valence-electron chi connectivity index (χ2n) is 7.29. The van der Waals surface area contributed by atoms with Crippen molar-refractivity contribution in [2.75, 3.05) is 11.9 Å². The molecule has 0 unspecified atom stereocenters. The van der Waals surface area contributed by atoms with E-state index in [1.54, 1.807) is 0 Å². The standard InChI is InChI=1S/C25H29NO2/c1-20(2)16-17-27-25-11-7-6-10-22(25)18-26-23-12-14-24(15-13-23)28-19-21-8-4-3-5-9-21/h3-15,20,26H,16-19H2,1-2H3. The molecule has 0 aromatic heterocycles. The van der Waals surface area contributed by atoms with E-state index in [0.717, 1.165) is 42.3 Å². The Kier molecular flexibility index (Phi) is 7.36. The van der Waals surface area contributed by atoms with Crippen molar-refractivity contribution >= 4 is 5.69 Å². The molecule has 0 aliphatic carbocycles. The second kappa shape index (κ2) is 10.4. The van der Waals surface area contributed by atoms with Gasteiger partial charge in [-0.15, -0.1) is 0 Å². The summed E-state index contributed by atoms with van der Waals surface area (Å²) < 4.78 is 11.8. The van der Waals surface area contributed by atoms with Gasteiger partial charge in [0.15, 0.2) is 0 Å². The van der Waals surface area contributed by atoms with Gasteiger partial charge in [0, 0.05) is 17.8 Å². The van der Waals surface area contributed by atoms with Crippen molar-refractivity contribution in [3.8, 4) is 11.5 Å². The summed E-state index contributed by atoms with van der Waals surface area (Å²) in [5, 5.41) is 3.47. The fourth-order valence-corrected chi connectivity index (χ4v) is 2.80. The minimum Gasteiger partial charge on any atom is -0.493 e. The Balaban J connectivity index is 1.51. The van der Waals surface area contributed by atoms with E-state index < -0.39 is 0 Å². The first-order chi connectivity index (χ1) is 13.7. The minimum atomic E-state index is 0.578. The van der Waals surface area contributed by atoms with Gasteiger partial charge < -0.3 is 14.8 Å². The highest BCUT2D eigenvalue weighted by Gasteiger charge is 2.04. The molecule has 3 rings (SSSR count). The van der Waals surface area contributed by atoms with Crippen LogP contribution in [0.2, 0.25) is 0 Å². The molecule has 3 heteroatoms. The topological polar surface area (TPSA) is 30.5 Å². The lowest BCUT2D eigenvalue weighted by atomic mass is 10.1. The van der Waals surface area contributed by atoms with Gasteiger partial charge in [-0.1, -0.05) is 62.4 Å². The largest absolute Gasteiger partial charge is 0.493 e. The Labute approximate surface area is 168 Å². The molecular weight excluding hydrogens is 346 g/mol. The van der Waals surface area contributed by atoms with Gasteiger partial charge in [0.25, 0.3) is 0 Å². The van der Waals surface area contributed by atoms with Gasteiger partial charge in [-0.2, -0.15) is 0 Å². The Bertz CT molecular complexity index is 829. The van der Waals surface area contributed by atoms with Gasteiger partial charge in [-0.3, -0.25) is 0 Å². The number of benzene rings is 3. The number of anilines is 1. The van der Waals surface area contributed by atoms with E-state index in [2.05, 4.69) is 37.4 Å². The number of rotatable bonds is 10. The summed E-state index contributed by atoms with van der Waals surface area (Å²) >= 11 is 0. The highest BCUT2D eigenvalue weighted by atomic mass is 16.5. The van der Waals surface area contributed by atoms with E-state index in [-0.39, 0.29) is 0 Å². The molecule has 0 aliphatic rings. The Morgan fingerprint density at radius 1 is 0.786 bits per heavy atom. The molecule has 0 aliphatic heterocycles. The van der Waals surface area contributed by atoms with Crippen LogP contribution < -0.4 is 14.8 Å². The Morgan fingerprint density at radius 3 is 2.25 bits per heavy atom. The lowest BCUT2D eigenvalue weighted by Crippen LogP contribution is -2.06. The number of hydrogen-bond acceptors (Lipinski definition) is 3. The zero-order valence-corrected chi connectivity index (χ0v) is 16.7. The fourth-order valence-electron chi connectivity index (χ4n) is 2.80. The molecule has 3 aromatic rings. The first kappa shape index (κ1) is 19.8. The minimum absolute atomic E-state index is 0.578. The van der Waals surface area contributed by atoms with Crippen molar-refractivity contribution in [3.63, 3.8) is 0 Å². The Morgan fingerprint density at radius 2 is 1.50 bits per heavy atom. The quantitative estimate of drug-likeness (QED) is 0.451. The average molecular weight is 376 g/mol. The third-order valence-corrected chi connectivity index (χ3v) is 4.51. The lowest BCUT2D eigenvalue weighted by Gasteiger charge is -2.14. The molecule has 3 aromatic carbocycles. The van der Waals surface area contributed by atoms with Crippen LogP contribution in [0, 0.1) is 5.92 Å². The van der Waals surface area contributed by atoms with E-state index >= 15 is 0 Å². The van der Waals surface area contributed by atoms with E-state index in [0.29, 0.717) is 12.5 Å². The van der Waals surface area contributed by atoms with Crippen molar-refractivity contribution in [2.24, 2.45) is 5.92 Å². The highest BCUT2D eigenvalue weighted by Crippen LogP contribution is 2.22. The number of ether oxygens (including phenoxy) is 2. The van der Waals surface area contributed by atoms with E-state index in [9.17, 15) is 0 Å². The van der Waals surface area contributed by atoms with Crippen LogP contribution in [-0.2, 0) is 13.2 Å². The van der Waals surface area contributed by atoms with Gasteiger partial charge in [-0.25, -0.2) is 0 Å². The molecule has 0 amide bonds. The summed E-state index contributed by atoms with van der Waals surface area (Å²) in [6, 6.07) is 26.5. The summed E-state index contributed by atoms with van der Waals surface area (Å²) in [6.07, 6.45) is 1.06. The molecule has 28 heavy (non-hydrogen) atoms. The number of nitrogens with one attached hydrogen (secondary N) is 1. The van der Waals surface area contributed by atoms with Crippen LogP contribution in [0.1, 0.15) is 31.4 Å². The molecule has 0 heterocycles. The van der Waals surface area contributed by atoms with Gasteiger partial charge in [0.1, 0.15) is 18.1 Å². The van der Waals surface area contributed by atoms with Crippen LogP contribution in [0.3, 0.4) is 0 Å². The summed E-state index contributed by atoms with van der Waals surface area (Å²) in [4.78, 5) is 0.